The fraction of sp³-hybridized carbons (Fsp3) is 1.00. The minimum atomic E-state index is -0.570. The number of rotatable bonds is 4. The molecule has 3 N–H and O–H groups in total. The smallest absolute Gasteiger partial charge is 0.0895 e. The molecule has 0 spiro atoms. The quantitative estimate of drug-likeness (QED) is 0.730. The van der Waals surface area contributed by atoms with Gasteiger partial charge in [-0.2, -0.15) is 11.8 Å². The molecule has 1 rings (SSSR count). The van der Waals surface area contributed by atoms with Crippen LogP contribution in [0, 0.1) is 5.92 Å². The van der Waals surface area contributed by atoms with Crippen molar-refractivity contribution in [2.45, 2.75) is 44.8 Å². The Morgan fingerprint density at radius 2 is 2.15 bits per heavy atom. The summed E-state index contributed by atoms with van der Waals surface area (Å²) in [4.78, 5) is 0. The van der Waals surface area contributed by atoms with E-state index in [4.69, 9.17) is 5.73 Å². The third-order valence-corrected chi connectivity index (χ3v) is 3.97. The molecule has 1 saturated heterocycles. The normalized spacial score (nSPS) is 31.2. The van der Waals surface area contributed by atoms with Crippen LogP contribution in [-0.4, -0.2) is 28.3 Å². The monoisotopic (exact) mass is 203 g/mol. The first kappa shape index (κ1) is 11.3. The van der Waals surface area contributed by atoms with Crippen LogP contribution < -0.4 is 5.73 Å². The average Bonchev–Trinajstić information content (AvgIpc) is 2.49. The van der Waals surface area contributed by atoms with Crippen LogP contribution in [0.1, 0.15) is 33.1 Å². The van der Waals surface area contributed by atoms with Crippen molar-refractivity contribution in [2.24, 2.45) is 11.7 Å². The second-order valence-corrected chi connectivity index (χ2v) is 5.59. The molecule has 0 aromatic carbocycles. The van der Waals surface area contributed by atoms with Gasteiger partial charge in [-0.15, -0.1) is 0 Å². The van der Waals surface area contributed by atoms with Crippen molar-refractivity contribution in [3.63, 3.8) is 0 Å². The maximum absolute atomic E-state index is 10.1. The molecular formula is C10H21NOS. The summed E-state index contributed by atoms with van der Waals surface area (Å²) in [5, 5.41) is 10.1. The van der Waals surface area contributed by atoms with Gasteiger partial charge in [0.05, 0.1) is 5.60 Å². The molecule has 13 heavy (non-hydrogen) atoms. The highest BCUT2D eigenvalue weighted by Gasteiger charge is 2.37. The van der Waals surface area contributed by atoms with Gasteiger partial charge >= 0.3 is 0 Å². The van der Waals surface area contributed by atoms with Crippen LogP contribution in [0.15, 0.2) is 0 Å². The van der Waals surface area contributed by atoms with Crippen molar-refractivity contribution < 1.29 is 5.11 Å². The standard InChI is InChI=1S/C10H21NOS/c1-8(2)3-4-9(11)10(12)5-6-13-7-10/h8-9,12H,3-7,11H2,1-2H3. The van der Waals surface area contributed by atoms with Gasteiger partial charge in [0.25, 0.3) is 0 Å². The van der Waals surface area contributed by atoms with E-state index in [-0.39, 0.29) is 6.04 Å². The number of hydrogen-bond acceptors (Lipinski definition) is 3. The molecule has 1 aliphatic heterocycles. The van der Waals surface area contributed by atoms with Gasteiger partial charge in [0.2, 0.25) is 0 Å². The lowest BCUT2D eigenvalue weighted by Crippen LogP contribution is -2.48. The zero-order chi connectivity index (χ0) is 9.90. The van der Waals surface area contributed by atoms with E-state index in [0.29, 0.717) is 5.92 Å². The van der Waals surface area contributed by atoms with E-state index in [1.165, 1.54) is 0 Å². The molecule has 2 nitrogen and oxygen atoms in total. The number of thioether (sulfide) groups is 1. The highest BCUT2D eigenvalue weighted by atomic mass is 32.2. The summed E-state index contributed by atoms with van der Waals surface area (Å²) in [6.07, 6.45) is 2.94. The van der Waals surface area contributed by atoms with Crippen LogP contribution in [-0.2, 0) is 0 Å². The third kappa shape index (κ3) is 3.15. The molecule has 3 heteroatoms. The largest absolute Gasteiger partial charge is 0.387 e. The number of hydrogen-bond donors (Lipinski definition) is 2. The van der Waals surface area contributed by atoms with E-state index < -0.39 is 5.60 Å². The Morgan fingerprint density at radius 3 is 2.62 bits per heavy atom. The predicted molar refractivity (Wildman–Crippen MR) is 58.9 cm³/mol. The van der Waals surface area contributed by atoms with E-state index in [1.54, 1.807) is 0 Å². The molecule has 2 atom stereocenters. The highest BCUT2D eigenvalue weighted by Crippen LogP contribution is 2.31. The average molecular weight is 203 g/mol. The molecule has 0 amide bonds. The Balaban J connectivity index is 2.33. The van der Waals surface area contributed by atoms with Crippen LogP contribution in [0.3, 0.4) is 0 Å². The summed E-state index contributed by atoms with van der Waals surface area (Å²) in [6.45, 7) is 4.39. The lowest BCUT2D eigenvalue weighted by molar-refractivity contribution is 0.0360. The molecule has 0 aromatic rings. The maximum Gasteiger partial charge on any atom is 0.0895 e. The molecule has 1 heterocycles. The molecular weight excluding hydrogens is 182 g/mol. The van der Waals surface area contributed by atoms with Crippen molar-refractivity contribution in [3.05, 3.63) is 0 Å². The van der Waals surface area contributed by atoms with E-state index >= 15 is 0 Å². The molecule has 2 unspecified atom stereocenters. The van der Waals surface area contributed by atoms with E-state index in [0.717, 1.165) is 30.8 Å². The second kappa shape index (κ2) is 4.67. The molecule has 0 bridgehead atoms. The summed E-state index contributed by atoms with van der Waals surface area (Å²) in [6, 6.07) is -0.0232. The Bertz CT molecular complexity index is 155. The van der Waals surface area contributed by atoms with E-state index in [9.17, 15) is 5.11 Å². The SMILES string of the molecule is CC(C)CCC(N)C1(O)CCSC1. The van der Waals surface area contributed by atoms with Gasteiger partial charge in [0.15, 0.2) is 0 Å². The van der Waals surface area contributed by atoms with E-state index in [1.807, 2.05) is 11.8 Å². The zero-order valence-corrected chi connectivity index (χ0v) is 9.44. The summed E-state index contributed by atoms with van der Waals surface area (Å²) >= 11 is 1.81. The summed E-state index contributed by atoms with van der Waals surface area (Å²) < 4.78 is 0. The topological polar surface area (TPSA) is 46.2 Å². The molecule has 0 saturated carbocycles. The third-order valence-electron chi connectivity index (χ3n) is 2.78. The minimum Gasteiger partial charge on any atom is -0.387 e. The molecule has 1 aliphatic rings. The highest BCUT2D eigenvalue weighted by molar-refractivity contribution is 7.99. The fourth-order valence-corrected chi connectivity index (χ4v) is 3.00. The van der Waals surface area contributed by atoms with Gasteiger partial charge in [-0.1, -0.05) is 13.8 Å². The van der Waals surface area contributed by atoms with Gasteiger partial charge in [0.1, 0.15) is 0 Å². The van der Waals surface area contributed by atoms with E-state index in [2.05, 4.69) is 13.8 Å². The molecule has 1 fully saturated rings. The van der Waals surface area contributed by atoms with Crippen molar-refractivity contribution in [2.75, 3.05) is 11.5 Å². The Morgan fingerprint density at radius 1 is 1.46 bits per heavy atom. The van der Waals surface area contributed by atoms with Crippen LogP contribution in [0.5, 0.6) is 0 Å². The van der Waals surface area contributed by atoms with Gasteiger partial charge in [-0.3, -0.25) is 0 Å². The van der Waals surface area contributed by atoms with Crippen LogP contribution >= 0.6 is 11.8 Å². The maximum atomic E-state index is 10.1. The van der Waals surface area contributed by atoms with Crippen molar-refractivity contribution >= 4 is 11.8 Å². The van der Waals surface area contributed by atoms with Crippen molar-refractivity contribution in [1.82, 2.24) is 0 Å². The van der Waals surface area contributed by atoms with Gasteiger partial charge < -0.3 is 10.8 Å². The first-order chi connectivity index (χ1) is 6.04. The first-order valence-electron chi connectivity index (χ1n) is 5.10. The first-order valence-corrected chi connectivity index (χ1v) is 6.26. The van der Waals surface area contributed by atoms with Crippen molar-refractivity contribution in [1.29, 1.82) is 0 Å². The number of aliphatic hydroxyl groups is 1. The summed E-state index contributed by atoms with van der Waals surface area (Å²) in [5.41, 5.74) is 5.43. The number of nitrogens with two attached hydrogens (primary N) is 1. The Hall–Kier alpha value is 0.270. The lowest BCUT2D eigenvalue weighted by atomic mass is 9.89. The fourth-order valence-electron chi connectivity index (χ4n) is 1.64. The summed E-state index contributed by atoms with van der Waals surface area (Å²) in [5.74, 6) is 2.57. The Kier molecular flexibility index (Phi) is 4.07. The lowest BCUT2D eigenvalue weighted by Gasteiger charge is -2.29. The molecule has 0 aromatic heterocycles. The van der Waals surface area contributed by atoms with Crippen LogP contribution in [0.25, 0.3) is 0 Å². The van der Waals surface area contributed by atoms with Gasteiger partial charge in [-0.05, 0) is 30.9 Å². The van der Waals surface area contributed by atoms with Gasteiger partial charge in [0, 0.05) is 11.8 Å². The van der Waals surface area contributed by atoms with Crippen LogP contribution in [0.4, 0.5) is 0 Å². The molecule has 0 radical (unpaired) electrons. The van der Waals surface area contributed by atoms with Crippen molar-refractivity contribution in [3.8, 4) is 0 Å². The zero-order valence-electron chi connectivity index (χ0n) is 8.62. The molecule has 78 valence electrons. The minimum absolute atomic E-state index is 0.0232. The van der Waals surface area contributed by atoms with Gasteiger partial charge in [-0.25, -0.2) is 0 Å². The second-order valence-electron chi connectivity index (χ2n) is 4.48. The van der Waals surface area contributed by atoms with Crippen LogP contribution in [0.2, 0.25) is 0 Å². The Labute approximate surface area is 85.3 Å². The summed E-state index contributed by atoms with van der Waals surface area (Å²) in [7, 11) is 0. The molecule has 0 aliphatic carbocycles. The predicted octanol–water partition coefficient (Wildman–Crippen LogP) is 1.62.